The Balaban J connectivity index is 1.82. The minimum Gasteiger partial charge on any atom is -0.356 e. The smallest absolute Gasteiger partial charge is 0.152 e. The van der Waals surface area contributed by atoms with E-state index in [9.17, 15) is 8.42 Å². The summed E-state index contributed by atoms with van der Waals surface area (Å²) >= 11 is 0. The van der Waals surface area contributed by atoms with Crippen molar-refractivity contribution in [3.05, 3.63) is 11.9 Å². The first kappa shape index (κ1) is 16.5. The lowest BCUT2D eigenvalue weighted by Gasteiger charge is -2.33. The van der Waals surface area contributed by atoms with E-state index in [1.165, 1.54) is 12.8 Å². The summed E-state index contributed by atoms with van der Waals surface area (Å²) in [6.07, 6.45) is 3.14. The molecule has 1 aromatic rings. The van der Waals surface area contributed by atoms with E-state index in [1.807, 2.05) is 24.9 Å². The van der Waals surface area contributed by atoms with Crippen molar-refractivity contribution in [3.63, 3.8) is 0 Å². The molecule has 3 heterocycles. The van der Waals surface area contributed by atoms with Gasteiger partial charge in [0, 0.05) is 32.2 Å². The van der Waals surface area contributed by atoms with Crippen molar-refractivity contribution in [3.8, 4) is 0 Å². The van der Waals surface area contributed by atoms with Gasteiger partial charge in [-0.25, -0.2) is 18.4 Å². The van der Waals surface area contributed by atoms with Crippen LogP contribution in [0, 0.1) is 12.8 Å². The number of hydrogen-bond acceptors (Lipinski definition) is 6. The first-order chi connectivity index (χ1) is 10.8. The van der Waals surface area contributed by atoms with Gasteiger partial charge in [0.1, 0.15) is 17.5 Å². The van der Waals surface area contributed by atoms with Gasteiger partial charge in [0.25, 0.3) is 0 Å². The molecule has 0 amide bonds. The lowest BCUT2D eigenvalue weighted by molar-refractivity contribution is 0.444. The number of nitrogens with zero attached hydrogens (tertiary/aromatic N) is 4. The van der Waals surface area contributed by atoms with Gasteiger partial charge in [-0.05, 0) is 32.1 Å². The number of aryl methyl sites for hydroxylation is 1. The summed E-state index contributed by atoms with van der Waals surface area (Å²) in [6, 6.07) is 2.03. The molecule has 2 atom stereocenters. The number of piperidine rings is 1. The predicted octanol–water partition coefficient (Wildman–Crippen LogP) is 1.64. The molecule has 0 spiro atoms. The van der Waals surface area contributed by atoms with Gasteiger partial charge in [-0.3, -0.25) is 0 Å². The van der Waals surface area contributed by atoms with E-state index in [2.05, 4.69) is 21.8 Å². The van der Waals surface area contributed by atoms with Crippen molar-refractivity contribution in [2.45, 2.75) is 39.2 Å². The van der Waals surface area contributed by atoms with Crippen LogP contribution in [0.4, 0.5) is 11.6 Å². The summed E-state index contributed by atoms with van der Waals surface area (Å²) in [5.41, 5.74) is 0. The van der Waals surface area contributed by atoms with Crippen LogP contribution in [0.3, 0.4) is 0 Å². The first-order valence-electron chi connectivity index (χ1n) is 8.38. The Hall–Kier alpha value is -1.37. The van der Waals surface area contributed by atoms with Crippen molar-refractivity contribution < 1.29 is 8.42 Å². The van der Waals surface area contributed by atoms with Crippen LogP contribution in [0.25, 0.3) is 0 Å². The molecule has 2 unspecified atom stereocenters. The highest BCUT2D eigenvalue weighted by Crippen LogP contribution is 2.27. The van der Waals surface area contributed by atoms with Crippen molar-refractivity contribution in [1.29, 1.82) is 0 Å². The van der Waals surface area contributed by atoms with Crippen LogP contribution in [0.1, 0.15) is 32.0 Å². The summed E-state index contributed by atoms with van der Waals surface area (Å²) in [4.78, 5) is 13.5. The highest BCUT2D eigenvalue weighted by molar-refractivity contribution is 7.91. The van der Waals surface area contributed by atoms with Crippen LogP contribution in [0.2, 0.25) is 0 Å². The molecule has 0 saturated carbocycles. The molecule has 3 rings (SSSR count). The summed E-state index contributed by atoms with van der Waals surface area (Å²) in [6.45, 7) is 6.23. The normalized spacial score (nSPS) is 27.2. The predicted molar refractivity (Wildman–Crippen MR) is 92.8 cm³/mol. The molecule has 2 aliphatic heterocycles. The van der Waals surface area contributed by atoms with Crippen LogP contribution in [-0.2, 0) is 9.84 Å². The van der Waals surface area contributed by atoms with Crippen LogP contribution in [-0.4, -0.2) is 56.1 Å². The van der Waals surface area contributed by atoms with Gasteiger partial charge in [0.15, 0.2) is 9.84 Å². The Kier molecular flexibility index (Phi) is 4.49. The van der Waals surface area contributed by atoms with Crippen LogP contribution < -0.4 is 9.80 Å². The molecular formula is C16H26N4O2S. The van der Waals surface area contributed by atoms with Gasteiger partial charge in [0.2, 0.25) is 0 Å². The van der Waals surface area contributed by atoms with E-state index < -0.39 is 9.84 Å². The largest absolute Gasteiger partial charge is 0.356 e. The standard InChI is InChI=1S/C16H26N4O2S/c1-12-5-4-7-20(10-12)16-9-15(17-13(2)18-16)19(3)14-6-8-23(21,22)11-14/h9,12,14H,4-8,10-11H2,1-3H3. The maximum absolute atomic E-state index is 11.7. The first-order valence-corrected chi connectivity index (χ1v) is 10.2. The summed E-state index contributed by atoms with van der Waals surface area (Å²) < 4.78 is 23.5. The number of hydrogen-bond donors (Lipinski definition) is 0. The third-order valence-electron chi connectivity index (χ3n) is 4.91. The second-order valence-corrected chi connectivity index (χ2v) is 9.22. The zero-order valence-electron chi connectivity index (χ0n) is 14.2. The third-order valence-corrected chi connectivity index (χ3v) is 6.66. The fourth-order valence-electron chi connectivity index (χ4n) is 3.54. The molecule has 2 aliphatic rings. The second kappa shape index (κ2) is 6.26. The maximum atomic E-state index is 11.7. The lowest BCUT2D eigenvalue weighted by atomic mass is 10.0. The highest BCUT2D eigenvalue weighted by Gasteiger charge is 2.31. The summed E-state index contributed by atoms with van der Waals surface area (Å²) in [7, 11) is -0.952. The number of anilines is 2. The highest BCUT2D eigenvalue weighted by atomic mass is 32.2. The fraction of sp³-hybridized carbons (Fsp3) is 0.750. The van der Waals surface area contributed by atoms with Crippen LogP contribution in [0.5, 0.6) is 0 Å². The van der Waals surface area contributed by atoms with Gasteiger partial charge < -0.3 is 9.80 Å². The van der Waals surface area contributed by atoms with Gasteiger partial charge in [0.05, 0.1) is 11.5 Å². The van der Waals surface area contributed by atoms with Gasteiger partial charge >= 0.3 is 0 Å². The lowest BCUT2D eigenvalue weighted by Crippen LogP contribution is -2.36. The molecule has 2 saturated heterocycles. The van der Waals surface area contributed by atoms with E-state index in [1.54, 1.807) is 0 Å². The Morgan fingerprint density at radius 1 is 1.30 bits per heavy atom. The van der Waals surface area contributed by atoms with Crippen molar-refractivity contribution in [2.24, 2.45) is 5.92 Å². The number of aromatic nitrogens is 2. The van der Waals surface area contributed by atoms with Gasteiger partial charge in [-0.15, -0.1) is 0 Å². The summed E-state index contributed by atoms with van der Waals surface area (Å²) in [5.74, 6) is 3.72. The van der Waals surface area contributed by atoms with Crippen molar-refractivity contribution >= 4 is 21.5 Å². The fourth-order valence-corrected chi connectivity index (χ4v) is 5.32. The molecule has 6 nitrogen and oxygen atoms in total. The molecule has 0 N–H and O–H groups in total. The van der Waals surface area contributed by atoms with Crippen LogP contribution in [0.15, 0.2) is 6.07 Å². The Morgan fingerprint density at radius 3 is 2.74 bits per heavy atom. The molecule has 23 heavy (non-hydrogen) atoms. The van der Waals surface area contributed by atoms with Crippen LogP contribution >= 0.6 is 0 Å². The monoisotopic (exact) mass is 338 g/mol. The number of rotatable bonds is 3. The minimum atomic E-state index is -2.89. The maximum Gasteiger partial charge on any atom is 0.152 e. The van der Waals surface area contributed by atoms with E-state index in [0.29, 0.717) is 12.3 Å². The average molecular weight is 338 g/mol. The topological polar surface area (TPSA) is 66.4 Å². The molecular weight excluding hydrogens is 312 g/mol. The van der Waals surface area contributed by atoms with E-state index in [4.69, 9.17) is 0 Å². The van der Waals surface area contributed by atoms with Crippen molar-refractivity contribution in [2.75, 3.05) is 41.4 Å². The third kappa shape index (κ3) is 3.76. The molecule has 0 bridgehead atoms. The zero-order valence-corrected chi connectivity index (χ0v) is 15.0. The molecule has 0 radical (unpaired) electrons. The average Bonchev–Trinajstić information content (AvgIpc) is 2.86. The molecule has 2 fully saturated rings. The van der Waals surface area contributed by atoms with Gasteiger partial charge in [-0.2, -0.15) is 0 Å². The Bertz CT molecular complexity index is 677. The zero-order chi connectivity index (χ0) is 16.6. The van der Waals surface area contributed by atoms with Gasteiger partial charge in [-0.1, -0.05) is 6.92 Å². The minimum absolute atomic E-state index is 0.0161. The molecule has 1 aromatic heterocycles. The molecule has 0 aliphatic carbocycles. The molecule has 128 valence electrons. The van der Waals surface area contributed by atoms with Crippen molar-refractivity contribution in [1.82, 2.24) is 9.97 Å². The molecule has 7 heteroatoms. The summed E-state index contributed by atoms with van der Waals surface area (Å²) in [5, 5.41) is 0. The quantitative estimate of drug-likeness (QED) is 0.835. The van der Waals surface area contributed by atoms with E-state index in [-0.39, 0.29) is 17.5 Å². The second-order valence-electron chi connectivity index (χ2n) is 6.99. The Labute approximate surface area is 138 Å². The Morgan fingerprint density at radius 2 is 2.09 bits per heavy atom. The molecule has 0 aromatic carbocycles. The van der Waals surface area contributed by atoms with E-state index >= 15 is 0 Å². The van der Waals surface area contributed by atoms with E-state index in [0.717, 1.165) is 30.5 Å². The SMILES string of the molecule is Cc1nc(N2CCCC(C)C2)cc(N(C)C2CCS(=O)(=O)C2)n1. The number of sulfone groups is 1.